The van der Waals surface area contributed by atoms with Crippen molar-refractivity contribution in [2.75, 3.05) is 13.1 Å². The maximum absolute atomic E-state index is 13.1. The topological polar surface area (TPSA) is 38.1 Å². The fourth-order valence-electron chi connectivity index (χ4n) is 4.06. The van der Waals surface area contributed by atoms with Gasteiger partial charge in [-0.3, -0.25) is 4.79 Å². The van der Waals surface area contributed by atoms with Crippen molar-refractivity contribution in [3.63, 3.8) is 0 Å². The van der Waals surface area contributed by atoms with E-state index in [2.05, 4.69) is 9.55 Å². The Balaban J connectivity index is 1.36. The van der Waals surface area contributed by atoms with Crippen molar-refractivity contribution in [1.82, 2.24) is 14.5 Å². The number of piperidine rings is 1. The monoisotopic (exact) mass is 341 g/mol. The van der Waals surface area contributed by atoms with E-state index in [0.29, 0.717) is 5.92 Å². The highest BCUT2D eigenvalue weighted by atomic mass is 19.1. The molecule has 1 amide bonds. The molecule has 1 aliphatic heterocycles. The number of aromatic nitrogens is 2. The third-order valence-electron chi connectivity index (χ3n) is 5.63. The first-order valence-electron chi connectivity index (χ1n) is 9.12. The number of amides is 1. The molecule has 0 radical (unpaired) electrons. The lowest BCUT2D eigenvalue weighted by Gasteiger charge is -2.33. The lowest BCUT2D eigenvalue weighted by atomic mass is 9.94. The van der Waals surface area contributed by atoms with Gasteiger partial charge in [0, 0.05) is 44.9 Å². The average molecular weight is 341 g/mol. The fourth-order valence-corrected chi connectivity index (χ4v) is 4.06. The molecular weight excluding hydrogens is 317 g/mol. The zero-order chi connectivity index (χ0) is 17.4. The number of imidazole rings is 1. The molecule has 2 aliphatic rings. The zero-order valence-electron chi connectivity index (χ0n) is 14.6. The van der Waals surface area contributed by atoms with Crippen LogP contribution < -0.4 is 0 Å². The summed E-state index contributed by atoms with van der Waals surface area (Å²) in [5, 5.41) is 0. The quantitative estimate of drug-likeness (QED) is 0.857. The molecule has 2 aromatic rings. The lowest BCUT2D eigenvalue weighted by Crippen LogP contribution is -2.41. The highest BCUT2D eigenvalue weighted by Gasteiger charge is 2.46. The maximum Gasteiger partial charge on any atom is 0.226 e. The highest BCUT2D eigenvalue weighted by molar-refractivity contribution is 5.83. The van der Waals surface area contributed by atoms with Crippen molar-refractivity contribution in [2.24, 2.45) is 18.9 Å². The minimum absolute atomic E-state index is 0.0809. The number of hydrogen-bond acceptors (Lipinski definition) is 2. The third kappa shape index (κ3) is 3.46. The van der Waals surface area contributed by atoms with Crippen LogP contribution in [0, 0.1) is 17.7 Å². The molecular formula is C20H24FN3O. The molecule has 0 unspecified atom stereocenters. The van der Waals surface area contributed by atoms with Crippen molar-refractivity contribution >= 4 is 5.91 Å². The van der Waals surface area contributed by atoms with E-state index in [9.17, 15) is 9.18 Å². The van der Waals surface area contributed by atoms with Crippen LogP contribution >= 0.6 is 0 Å². The molecule has 1 aromatic heterocycles. The minimum Gasteiger partial charge on any atom is -0.342 e. The number of carbonyl (C=O) groups is 1. The Bertz CT molecular complexity index is 755. The Labute approximate surface area is 147 Å². The molecule has 1 aliphatic carbocycles. The van der Waals surface area contributed by atoms with E-state index < -0.39 is 0 Å². The first-order chi connectivity index (χ1) is 12.1. The van der Waals surface area contributed by atoms with Gasteiger partial charge in [0.2, 0.25) is 5.91 Å². The van der Waals surface area contributed by atoms with Gasteiger partial charge in [0.1, 0.15) is 11.6 Å². The summed E-state index contributed by atoms with van der Waals surface area (Å²) in [5.74, 6) is 1.98. The molecule has 2 heterocycles. The summed E-state index contributed by atoms with van der Waals surface area (Å²) in [5.41, 5.74) is 1.08. The number of halogens is 1. The first-order valence-corrected chi connectivity index (χ1v) is 9.12. The van der Waals surface area contributed by atoms with Gasteiger partial charge in [-0.1, -0.05) is 12.1 Å². The van der Waals surface area contributed by atoms with Crippen LogP contribution in [-0.2, 0) is 18.3 Å². The van der Waals surface area contributed by atoms with Gasteiger partial charge >= 0.3 is 0 Å². The Kier molecular flexibility index (Phi) is 4.32. The number of carbonyl (C=O) groups excluding carboxylic acids is 1. The van der Waals surface area contributed by atoms with Crippen molar-refractivity contribution < 1.29 is 9.18 Å². The molecule has 4 nitrogen and oxygen atoms in total. The SMILES string of the molecule is Cn1ccnc1C[C@@H]1CCCN(C(=O)[C@@H]2C[C@H]2c2ccc(F)cc2)C1. The molecule has 3 atom stereocenters. The zero-order valence-corrected chi connectivity index (χ0v) is 14.6. The number of benzene rings is 1. The molecule has 1 aromatic carbocycles. The Morgan fingerprint density at radius 2 is 2.12 bits per heavy atom. The Morgan fingerprint density at radius 3 is 2.84 bits per heavy atom. The number of aryl methyl sites for hydroxylation is 1. The molecule has 0 spiro atoms. The first kappa shape index (κ1) is 16.3. The van der Waals surface area contributed by atoms with Gasteiger partial charge in [-0.25, -0.2) is 9.37 Å². The van der Waals surface area contributed by atoms with E-state index in [1.54, 1.807) is 0 Å². The van der Waals surface area contributed by atoms with Crippen molar-refractivity contribution in [3.05, 3.63) is 53.9 Å². The van der Waals surface area contributed by atoms with Gasteiger partial charge in [-0.15, -0.1) is 0 Å². The molecule has 5 heteroatoms. The van der Waals surface area contributed by atoms with Crippen LogP contribution in [-0.4, -0.2) is 33.4 Å². The van der Waals surface area contributed by atoms with Crippen LogP contribution in [0.3, 0.4) is 0 Å². The van der Waals surface area contributed by atoms with Gasteiger partial charge in [0.25, 0.3) is 0 Å². The van der Waals surface area contributed by atoms with Gasteiger partial charge in [0.15, 0.2) is 0 Å². The van der Waals surface area contributed by atoms with E-state index in [1.165, 1.54) is 12.1 Å². The van der Waals surface area contributed by atoms with E-state index in [0.717, 1.165) is 50.2 Å². The lowest BCUT2D eigenvalue weighted by molar-refractivity contribution is -0.134. The fraction of sp³-hybridized carbons (Fsp3) is 0.500. The predicted octanol–water partition coefficient (Wildman–Crippen LogP) is 3.14. The Morgan fingerprint density at radius 1 is 1.32 bits per heavy atom. The normalized spacial score (nSPS) is 25.8. The minimum atomic E-state index is -0.222. The highest BCUT2D eigenvalue weighted by Crippen LogP contribution is 2.48. The van der Waals surface area contributed by atoms with Crippen LogP contribution in [0.2, 0.25) is 0 Å². The summed E-state index contributed by atoms with van der Waals surface area (Å²) in [7, 11) is 2.02. The van der Waals surface area contributed by atoms with E-state index >= 15 is 0 Å². The summed E-state index contributed by atoms with van der Waals surface area (Å²) >= 11 is 0. The average Bonchev–Trinajstić information content (AvgIpc) is 3.32. The van der Waals surface area contributed by atoms with Crippen LogP contribution in [0.15, 0.2) is 36.7 Å². The predicted molar refractivity (Wildman–Crippen MR) is 93.5 cm³/mol. The molecule has 1 saturated heterocycles. The number of hydrogen-bond donors (Lipinski definition) is 0. The van der Waals surface area contributed by atoms with Gasteiger partial charge in [-0.2, -0.15) is 0 Å². The third-order valence-corrected chi connectivity index (χ3v) is 5.63. The summed E-state index contributed by atoms with van der Waals surface area (Å²) in [6.45, 7) is 1.70. The second-order valence-electron chi connectivity index (χ2n) is 7.45. The van der Waals surface area contributed by atoms with E-state index in [-0.39, 0.29) is 23.6 Å². The number of rotatable bonds is 4. The molecule has 0 bridgehead atoms. The number of nitrogens with zero attached hydrogens (tertiary/aromatic N) is 3. The molecule has 25 heavy (non-hydrogen) atoms. The second kappa shape index (κ2) is 6.62. The summed E-state index contributed by atoms with van der Waals surface area (Å²) < 4.78 is 15.1. The summed E-state index contributed by atoms with van der Waals surface area (Å²) in [6.07, 6.45) is 7.85. The van der Waals surface area contributed by atoms with Gasteiger partial charge in [-0.05, 0) is 48.8 Å². The van der Waals surface area contributed by atoms with Crippen molar-refractivity contribution in [1.29, 1.82) is 0 Å². The maximum atomic E-state index is 13.1. The second-order valence-corrected chi connectivity index (χ2v) is 7.45. The van der Waals surface area contributed by atoms with Crippen LogP contribution in [0.5, 0.6) is 0 Å². The summed E-state index contributed by atoms with van der Waals surface area (Å²) in [6, 6.07) is 6.60. The van der Waals surface area contributed by atoms with Crippen LogP contribution in [0.25, 0.3) is 0 Å². The Hall–Kier alpha value is -2.17. The molecule has 4 rings (SSSR count). The van der Waals surface area contributed by atoms with Gasteiger partial charge < -0.3 is 9.47 Å². The van der Waals surface area contributed by atoms with Gasteiger partial charge in [0.05, 0.1) is 0 Å². The summed E-state index contributed by atoms with van der Waals surface area (Å²) in [4.78, 5) is 19.3. The number of likely N-dealkylation sites (tertiary alicyclic amines) is 1. The van der Waals surface area contributed by atoms with Crippen LogP contribution in [0.1, 0.15) is 36.6 Å². The largest absolute Gasteiger partial charge is 0.342 e. The van der Waals surface area contributed by atoms with E-state index in [4.69, 9.17) is 0 Å². The van der Waals surface area contributed by atoms with Crippen molar-refractivity contribution in [2.45, 2.75) is 31.6 Å². The van der Waals surface area contributed by atoms with E-state index in [1.807, 2.05) is 36.5 Å². The smallest absolute Gasteiger partial charge is 0.226 e. The molecule has 132 valence electrons. The molecule has 1 saturated carbocycles. The molecule has 2 fully saturated rings. The molecule has 0 N–H and O–H groups in total. The van der Waals surface area contributed by atoms with Crippen molar-refractivity contribution in [3.8, 4) is 0 Å². The van der Waals surface area contributed by atoms with Crippen LogP contribution in [0.4, 0.5) is 4.39 Å². The standard InChI is InChI=1S/C20H24FN3O/c1-23-10-8-22-19(23)11-14-3-2-9-24(13-14)20(25)18-12-17(18)15-4-6-16(21)7-5-15/h4-8,10,14,17-18H,2-3,9,11-13H2,1H3/t14-,17-,18+/m0/s1.